The molecule has 0 radical (unpaired) electrons. The summed E-state index contributed by atoms with van der Waals surface area (Å²) in [6.45, 7) is 1.67. The molecule has 1 aromatic heterocycles. The molecule has 0 saturated carbocycles. The molecule has 11 heavy (non-hydrogen) atoms. The predicted octanol–water partition coefficient (Wildman–Crippen LogP) is 2.03. The summed E-state index contributed by atoms with van der Waals surface area (Å²) in [4.78, 5) is 10.4. The lowest BCUT2D eigenvalue weighted by Crippen LogP contribution is -1.94. The molecule has 1 N–H and O–H groups in total. The molecular formula is C7H7ClO3. The van der Waals surface area contributed by atoms with Gasteiger partial charge in [-0.25, -0.2) is 4.79 Å². The van der Waals surface area contributed by atoms with Crippen LogP contribution in [0.1, 0.15) is 21.9 Å². The lowest BCUT2D eigenvalue weighted by Gasteiger charge is -1.87. The molecule has 0 bridgehead atoms. The van der Waals surface area contributed by atoms with E-state index in [4.69, 9.17) is 21.1 Å². The number of carboxylic acids is 1. The van der Waals surface area contributed by atoms with Crippen LogP contribution in [0.15, 0.2) is 10.5 Å². The number of alkyl halides is 1. The van der Waals surface area contributed by atoms with Gasteiger partial charge in [-0.15, -0.1) is 11.6 Å². The molecule has 3 nitrogen and oxygen atoms in total. The third-order valence-corrected chi connectivity index (χ3v) is 1.56. The van der Waals surface area contributed by atoms with Crippen molar-refractivity contribution < 1.29 is 14.3 Å². The van der Waals surface area contributed by atoms with Gasteiger partial charge in [-0.05, 0) is 13.0 Å². The summed E-state index contributed by atoms with van der Waals surface area (Å²) in [6.07, 6.45) is 0. The first-order valence-corrected chi connectivity index (χ1v) is 3.57. The van der Waals surface area contributed by atoms with Crippen LogP contribution in [0, 0.1) is 6.92 Å². The minimum atomic E-state index is -1.06. The molecule has 0 amide bonds. The van der Waals surface area contributed by atoms with E-state index in [1.54, 1.807) is 13.0 Å². The van der Waals surface area contributed by atoms with Gasteiger partial charge in [-0.2, -0.15) is 0 Å². The fourth-order valence-electron chi connectivity index (χ4n) is 0.826. The molecule has 0 unspecified atom stereocenters. The smallest absolute Gasteiger partial charge is 0.372 e. The Morgan fingerprint density at radius 2 is 2.45 bits per heavy atom. The number of furan rings is 1. The highest BCUT2D eigenvalue weighted by Gasteiger charge is 2.12. The molecule has 4 heteroatoms. The number of rotatable bonds is 2. The lowest BCUT2D eigenvalue weighted by atomic mass is 10.3. The molecule has 1 heterocycles. The Bertz CT molecular complexity index is 277. The summed E-state index contributed by atoms with van der Waals surface area (Å²) in [5.74, 6) is -0.394. The van der Waals surface area contributed by atoms with Crippen LogP contribution in [0.2, 0.25) is 0 Å². The van der Waals surface area contributed by atoms with Crippen LogP contribution in [0.5, 0.6) is 0 Å². The second kappa shape index (κ2) is 2.96. The number of aryl methyl sites for hydroxylation is 1. The predicted molar refractivity (Wildman–Crippen MR) is 40.0 cm³/mol. The van der Waals surface area contributed by atoms with E-state index in [1.165, 1.54) is 0 Å². The Labute approximate surface area is 68.6 Å². The van der Waals surface area contributed by atoms with Gasteiger partial charge in [0.05, 0.1) is 5.88 Å². The van der Waals surface area contributed by atoms with E-state index in [1.807, 2.05) is 0 Å². The van der Waals surface area contributed by atoms with Crippen molar-refractivity contribution in [2.75, 3.05) is 0 Å². The van der Waals surface area contributed by atoms with E-state index in [0.717, 1.165) is 0 Å². The molecule has 0 aliphatic rings. The van der Waals surface area contributed by atoms with E-state index >= 15 is 0 Å². The van der Waals surface area contributed by atoms with Gasteiger partial charge in [0.15, 0.2) is 0 Å². The van der Waals surface area contributed by atoms with E-state index in [0.29, 0.717) is 11.3 Å². The topological polar surface area (TPSA) is 50.4 Å². The Morgan fingerprint density at radius 1 is 1.82 bits per heavy atom. The summed E-state index contributed by atoms with van der Waals surface area (Å²) >= 11 is 5.43. The standard InChI is InChI=1S/C7H7ClO3/c1-4-2-5(3-8)11-6(4)7(9)10/h2H,3H2,1H3,(H,9,10). The van der Waals surface area contributed by atoms with Gasteiger partial charge in [0.25, 0.3) is 0 Å². The third-order valence-electron chi connectivity index (χ3n) is 1.29. The van der Waals surface area contributed by atoms with Gasteiger partial charge in [0.2, 0.25) is 5.76 Å². The number of hydrogen-bond donors (Lipinski definition) is 1. The molecule has 0 fully saturated rings. The van der Waals surface area contributed by atoms with Gasteiger partial charge >= 0.3 is 5.97 Å². The van der Waals surface area contributed by atoms with Gasteiger partial charge in [-0.1, -0.05) is 0 Å². The normalized spacial score (nSPS) is 10.0. The summed E-state index contributed by atoms with van der Waals surface area (Å²) in [5.41, 5.74) is 0.605. The molecule has 0 aliphatic carbocycles. The maximum Gasteiger partial charge on any atom is 0.372 e. The van der Waals surface area contributed by atoms with Crippen LogP contribution in [-0.2, 0) is 5.88 Å². The van der Waals surface area contributed by atoms with Crippen LogP contribution >= 0.6 is 11.6 Å². The highest BCUT2D eigenvalue weighted by molar-refractivity contribution is 6.16. The van der Waals surface area contributed by atoms with E-state index in [9.17, 15) is 4.79 Å². The van der Waals surface area contributed by atoms with Crippen LogP contribution in [0.25, 0.3) is 0 Å². The van der Waals surface area contributed by atoms with Gasteiger partial charge in [0.1, 0.15) is 5.76 Å². The molecule has 0 aliphatic heterocycles. The summed E-state index contributed by atoms with van der Waals surface area (Å²) in [5, 5.41) is 8.54. The number of carboxylic acid groups (broad SMARTS) is 1. The van der Waals surface area contributed by atoms with Crippen LogP contribution in [0.4, 0.5) is 0 Å². The zero-order valence-corrected chi connectivity index (χ0v) is 6.68. The zero-order chi connectivity index (χ0) is 8.43. The summed E-state index contributed by atoms with van der Waals surface area (Å²) in [6, 6.07) is 1.62. The minimum absolute atomic E-state index is 0.0272. The Kier molecular flexibility index (Phi) is 2.19. The van der Waals surface area contributed by atoms with Gasteiger partial charge < -0.3 is 9.52 Å². The van der Waals surface area contributed by atoms with E-state index < -0.39 is 5.97 Å². The lowest BCUT2D eigenvalue weighted by molar-refractivity contribution is 0.0659. The van der Waals surface area contributed by atoms with Gasteiger partial charge in [0, 0.05) is 5.56 Å². The van der Waals surface area contributed by atoms with Crippen molar-refractivity contribution in [2.45, 2.75) is 12.8 Å². The molecule has 0 spiro atoms. The van der Waals surface area contributed by atoms with Crippen molar-refractivity contribution in [3.63, 3.8) is 0 Å². The molecule has 60 valence electrons. The zero-order valence-electron chi connectivity index (χ0n) is 5.93. The van der Waals surface area contributed by atoms with Crippen molar-refractivity contribution in [1.82, 2.24) is 0 Å². The number of carbonyl (C=O) groups is 1. The first-order chi connectivity index (χ1) is 5.15. The Hall–Kier alpha value is -0.960. The SMILES string of the molecule is Cc1cc(CCl)oc1C(=O)O. The number of hydrogen-bond acceptors (Lipinski definition) is 2. The first-order valence-electron chi connectivity index (χ1n) is 3.03. The number of halogens is 1. The second-order valence-corrected chi connectivity index (χ2v) is 2.43. The van der Waals surface area contributed by atoms with Crippen LogP contribution < -0.4 is 0 Å². The fraction of sp³-hybridized carbons (Fsp3) is 0.286. The maximum atomic E-state index is 10.4. The summed E-state index contributed by atoms with van der Waals surface area (Å²) in [7, 11) is 0. The number of aromatic carboxylic acids is 1. The second-order valence-electron chi connectivity index (χ2n) is 2.16. The molecular weight excluding hydrogens is 168 g/mol. The van der Waals surface area contributed by atoms with Crippen molar-refractivity contribution in [1.29, 1.82) is 0 Å². The average molecular weight is 175 g/mol. The van der Waals surface area contributed by atoms with Crippen LogP contribution in [0.3, 0.4) is 0 Å². The van der Waals surface area contributed by atoms with E-state index in [-0.39, 0.29) is 11.6 Å². The maximum absolute atomic E-state index is 10.4. The Morgan fingerprint density at radius 3 is 2.73 bits per heavy atom. The molecule has 0 atom stereocenters. The van der Waals surface area contributed by atoms with Crippen molar-refractivity contribution in [3.8, 4) is 0 Å². The molecule has 0 saturated heterocycles. The monoisotopic (exact) mass is 174 g/mol. The van der Waals surface area contributed by atoms with Crippen molar-refractivity contribution >= 4 is 17.6 Å². The fourth-order valence-corrected chi connectivity index (χ4v) is 0.958. The molecule has 1 rings (SSSR count). The molecule has 0 aromatic carbocycles. The molecule has 1 aromatic rings. The third kappa shape index (κ3) is 1.54. The highest BCUT2D eigenvalue weighted by Crippen LogP contribution is 2.15. The first kappa shape index (κ1) is 8.14. The van der Waals surface area contributed by atoms with Crippen LogP contribution in [-0.4, -0.2) is 11.1 Å². The van der Waals surface area contributed by atoms with Gasteiger partial charge in [-0.3, -0.25) is 0 Å². The quantitative estimate of drug-likeness (QED) is 0.698. The average Bonchev–Trinajstić information content (AvgIpc) is 2.30. The van der Waals surface area contributed by atoms with E-state index in [2.05, 4.69) is 0 Å². The highest BCUT2D eigenvalue weighted by atomic mass is 35.5. The largest absolute Gasteiger partial charge is 0.475 e. The summed E-state index contributed by atoms with van der Waals surface area (Å²) < 4.78 is 4.89. The Balaban J connectivity index is 3.07. The van der Waals surface area contributed by atoms with Crippen molar-refractivity contribution in [2.24, 2.45) is 0 Å². The minimum Gasteiger partial charge on any atom is -0.475 e. The van der Waals surface area contributed by atoms with Crippen molar-refractivity contribution in [3.05, 3.63) is 23.2 Å².